The number of hydrogen-bond acceptors (Lipinski definition) is 5. The van der Waals surface area contributed by atoms with Crippen LogP contribution in [0, 0.1) is 10.1 Å². The Morgan fingerprint density at radius 1 is 1.65 bits per heavy atom. The van der Waals surface area contributed by atoms with Gasteiger partial charge in [-0.05, 0) is 18.9 Å². The monoisotopic (exact) mass is 299 g/mol. The molecule has 20 heavy (non-hydrogen) atoms. The quantitative estimate of drug-likeness (QED) is 0.455. The van der Waals surface area contributed by atoms with E-state index in [1.54, 1.807) is 12.0 Å². The van der Waals surface area contributed by atoms with Crippen LogP contribution in [-0.4, -0.2) is 47.0 Å². The number of halogens is 1. The normalized spacial score (nSPS) is 14.1. The maximum atomic E-state index is 12.5. The first-order valence-electron chi connectivity index (χ1n) is 6.15. The van der Waals surface area contributed by atoms with Crippen molar-refractivity contribution in [2.24, 2.45) is 0 Å². The minimum Gasteiger partial charge on any atom is -0.383 e. The molecule has 1 aromatic heterocycles. The number of aromatic nitrogens is 1. The summed E-state index contributed by atoms with van der Waals surface area (Å²) in [6, 6.07) is 1.46. The first-order valence-corrected chi connectivity index (χ1v) is 6.53. The molecule has 7 nitrogen and oxygen atoms in total. The summed E-state index contributed by atoms with van der Waals surface area (Å²) in [5.41, 5.74) is -0.472. The zero-order valence-electron chi connectivity index (χ0n) is 10.9. The number of pyridine rings is 1. The molecule has 1 amide bonds. The molecule has 0 spiro atoms. The minimum atomic E-state index is -0.677. The van der Waals surface area contributed by atoms with E-state index in [9.17, 15) is 14.9 Å². The fourth-order valence-corrected chi connectivity index (χ4v) is 2.18. The lowest BCUT2D eigenvalue weighted by molar-refractivity contribution is -0.385. The van der Waals surface area contributed by atoms with Gasteiger partial charge in [-0.15, -0.1) is 0 Å². The second-order valence-corrected chi connectivity index (χ2v) is 4.84. The molecule has 1 aromatic rings. The standard InChI is InChI=1S/C12H14ClN3O4/c1-20-7-6-15(8-2-3-8)12(17)9-4-5-14-11(13)10(9)16(18)19/h4-5,8H,2-3,6-7H2,1H3. The SMILES string of the molecule is COCCN(C(=O)c1ccnc(Cl)c1[N+](=O)[O-])C1CC1. The smallest absolute Gasteiger partial charge is 0.319 e. The highest BCUT2D eigenvalue weighted by atomic mass is 35.5. The Labute approximate surface area is 120 Å². The topological polar surface area (TPSA) is 85.6 Å². The number of methoxy groups -OCH3 is 1. The average molecular weight is 300 g/mol. The van der Waals surface area contributed by atoms with Gasteiger partial charge < -0.3 is 9.64 Å². The van der Waals surface area contributed by atoms with Gasteiger partial charge in [0.1, 0.15) is 5.56 Å². The molecule has 0 N–H and O–H groups in total. The summed E-state index contributed by atoms with van der Waals surface area (Å²) >= 11 is 5.72. The minimum absolute atomic E-state index is 0.0296. The summed E-state index contributed by atoms with van der Waals surface area (Å²) < 4.78 is 4.97. The van der Waals surface area contributed by atoms with Gasteiger partial charge in [-0.2, -0.15) is 0 Å². The Morgan fingerprint density at radius 2 is 2.35 bits per heavy atom. The molecular formula is C12H14ClN3O4. The van der Waals surface area contributed by atoms with Crippen LogP contribution < -0.4 is 0 Å². The van der Waals surface area contributed by atoms with Gasteiger partial charge in [-0.1, -0.05) is 11.6 Å². The molecule has 0 aliphatic heterocycles. The van der Waals surface area contributed by atoms with E-state index in [1.165, 1.54) is 12.3 Å². The molecule has 0 atom stereocenters. The van der Waals surface area contributed by atoms with Crippen LogP contribution in [0.2, 0.25) is 5.15 Å². The van der Waals surface area contributed by atoms with Gasteiger partial charge in [0.25, 0.3) is 5.91 Å². The molecule has 0 aromatic carbocycles. The van der Waals surface area contributed by atoms with Crippen LogP contribution in [0.4, 0.5) is 5.69 Å². The van der Waals surface area contributed by atoms with E-state index in [0.717, 1.165) is 12.8 Å². The van der Waals surface area contributed by atoms with Crippen molar-refractivity contribution in [3.63, 3.8) is 0 Å². The van der Waals surface area contributed by atoms with Crippen molar-refractivity contribution >= 4 is 23.2 Å². The maximum absolute atomic E-state index is 12.5. The van der Waals surface area contributed by atoms with Crippen molar-refractivity contribution < 1.29 is 14.5 Å². The molecular weight excluding hydrogens is 286 g/mol. The molecule has 1 heterocycles. The first-order chi connectivity index (χ1) is 9.56. The van der Waals surface area contributed by atoms with Gasteiger partial charge in [0.15, 0.2) is 0 Å². The van der Waals surface area contributed by atoms with Crippen LogP contribution in [0.15, 0.2) is 12.3 Å². The van der Waals surface area contributed by atoms with Crippen LogP contribution in [0.5, 0.6) is 0 Å². The number of ether oxygens (including phenoxy) is 1. The zero-order chi connectivity index (χ0) is 14.7. The summed E-state index contributed by atoms with van der Waals surface area (Å²) in [5, 5.41) is 10.8. The fraction of sp³-hybridized carbons (Fsp3) is 0.500. The molecule has 1 saturated carbocycles. The van der Waals surface area contributed by atoms with Crippen molar-refractivity contribution in [1.29, 1.82) is 0 Å². The number of nitro groups is 1. The van der Waals surface area contributed by atoms with Crippen molar-refractivity contribution in [3.05, 3.63) is 33.1 Å². The molecule has 108 valence electrons. The van der Waals surface area contributed by atoms with Gasteiger partial charge in [-0.3, -0.25) is 14.9 Å². The summed E-state index contributed by atoms with van der Waals surface area (Å²) in [5.74, 6) is -0.402. The van der Waals surface area contributed by atoms with Crippen molar-refractivity contribution in [3.8, 4) is 0 Å². The van der Waals surface area contributed by atoms with Gasteiger partial charge in [0.2, 0.25) is 5.15 Å². The van der Waals surface area contributed by atoms with Crippen molar-refractivity contribution in [1.82, 2.24) is 9.88 Å². The van der Waals surface area contributed by atoms with Crippen LogP contribution in [0.25, 0.3) is 0 Å². The number of nitrogens with zero attached hydrogens (tertiary/aromatic N) is 3. The third-order valence-corrected chi connectivity index (χ3v) is 3.35. The fourth-order valence-electron chi connectivity index (χ4n) is 1.96. The maximum Gasteiger partial charge on any atom is 0.319 e. The molecule has 2 rings (SSSR count). The third kappa shape index (κ3) is 3.05. The molecule has 0 bridgehead atoms. The Kier molecular flexibility index (Phi) is 4.51. The number of hydrogen-bond donors (Lipinski definition) is 0. The van der Waals surface area contributed by atoms with E-state index in [2.05, 4.69) is 4.98 Å². The van der Waals surface area contributed by atoms with E-state index in [1.807, 2.05) is 0 Å². The van der Waals surface area contributed by atoms with Gasteiger partial charge in [-0.25, -0.2) is 4.98 Å². The van der Waals surface area contributed by atoms with Crippen LogP contribution >= 0.6 is 11.6 Å². The lowest BCUT2D eigenvalue weighted by atomic mass is 10.2. The molecule has 1 fully saturated rings. The largest absolute Gasteiger partial charge is 0.383 e. The van der Waals surface area contributed by atoms with E-state index in [-0.39, 0.29) is 16.8 Å². The van der Waals surface area contributed by atoms with E-state index in [0.29, 0.717) is 13.2 Å². The predicted molar refractivity (Wildman–Crippen MR) is 71.8 cm³/mol. The first kappa shape index (κ1) is 14.7. The van der Waals surface area contributed by atoms with Crippen molar-refractivity contribution in [2.45, 2.75) is 18.9 Å². The van der Waals surface area contributed by atoms with Crippen LogP contribution in [0.1, 0.15) is 23.2 Å². The molecule has 1 aliphatic carbocycles. The number of carbonyl (C=O) groups is 1. The summed E-state index contributed by atoms with van der Waals surface area (Å²) in [6.07, 6.45) is 3.11. The second kappa shape index (κ2) is 6.15. The molecule has 1 aliphatic rings. The van der Waals surface area contributed by atoms with Crippen LogP contribution in [0.3, 0.4) is 0 Å². The van der Waals surface area contributed by atoms with Gasteiger partial charge in [0, 0.05) is 25.9 Å². The second-order valence-electron chi connectivity index (χ2n) is 4.48. The lowest BCUT2D eigenvalue weighted by Crippen LogP contribution is -2.36. The average Bonchev–Trinajstić information content (AvgIpc) is 3.22. The number of amides is 1. The lowest BCUT2D eigenvalue weighted by Gasteiger charge is -2.21. The van der Waals surface area contributed by atoms with Crippen LogP contribution in [-0.2, 0) is 4.74 Å². The molecule has 0 radical (unpaired) electrons. The Hall–Kier alpha value is -1.73. The Balaban J connectivity index is 2.31. The van der Waals surface area contributed by atoms with E-state index >= 15 is 0 Å². The number of rotatable bonds is 6. The summed E-state index contributed by atoms with van der Waals surface area (Å²) in [4.78, 5) is 28.1. The Morgan fingerprint density at radius 3 is 2.90 bits per heavy atom. The summed E-state index contributed by atoms with van der Waals surface area (Å²) in [7, 11) is 1.54. The molecule has 8 heteroatoms. The van der Waals surface area contributed by atoms with Gasteiger partial charge in [0.05, 0.1) is 11.5 Å². The van der Waals surface area contributed by atoms with Crippen molar-refractivity contribution in [2.75, 3.05) is 20.3 Å². The molecule has 0 unspecified atom stereocenters. The Bertz CT molecular complexity index is 533. The predicted octanol–water partition coefficient (Wildman–Crippen LogP) is 1.89. The summed E-state index contributed by atoms with van der Waals surface area (Å²) in [6.45, 7) is 0.784. The zero-order valence-corrected chi connectivity index (χ0v) is 11.7. The molecule has 0 saturated heterocycles. The third-order valence-electron chi connectivity index (χ3n) is 3.08. The highest BCUT2D eigenvalue weighted by molar-refractivity contribution is 6.32. The highest BCUT2D eigenvalue weighted by Gasteiger charge is 2.36. The van der Waals surface area contributed by atoms with E-state index in [4.69, 9.17) is 16.3 Å². The van der Waals surface area contributed by atoms with E-state index < -0.39 is 16.5 Å². The van der Waals surface area contributed by atoms with Gasteiger partial charge >= 0.3 is 5.69 Å². The number of carbonyl (C=O) groups excluding carboxylic acids is 1. The highest BCUT2D eigenvalue weighted by Crippen LogP contribution is 2.32.